The summed E-state index contributed by atoms with van der Waals surface area (Å²) in [5.41, 5.74) is 3.05. The maximum atomic E-state index is 2.62. The van der Waals surface area contributed by atoms with Gasteiger partial charge in [-0.15, -0.1) is 0 Å². The largest absolute Gasteiger partial charge is 0.370 e. The standard InChI is InChI=1S/C16H24N2/c1-2-9-16-15(7-1)8-3-4-12-18(16)14-13-17-10-5-6-11-17/h1-2,7,9H,3-6,8,10-14H2. The third-order valence-electron chi connectivity index (χ3n) is 4.34. The molecule has 98 valence electrons. The Hall–Kier alpha value is -1.02. The number of hydrogen-bond donors (Lipinski definition) is 0. The fourth-order valence-electron chi connectivity index (χ4n) is 3.27. The van der Waals surface area contributed by atoms with Gasteiger partial charge in [0.1, 0.15) is 0 Å². The lowest BCUT2D eigenvalue weighted by Crippen LogP contribution is -2.34. The molecule has 0 unspecified atom stereocenters. The molecule has 3 rings (SSSR count). The van der Waals surface area contributed by atoms with Crippen molar-refractivity contribution in [1.82, 2.24) is 4.90 Å². The van der Waals surface area contributed by atoms with E-state index in [-0.39, 0.29) is 0 Å². The zero-order valence-corrected chi connectivity index (χ0v) is 11.3. The molecule has 2 heteroatoms. The summed E-state index contributed by atoms with van der Waals surface area (Å²) in [5, 5.41) is 0. The van der Waals surface area contributed by atoms with Gasteiger partial charge in [-0.1, -0.05) is 18.2 Å². The first-order valence-corrected chi connectivity index (χ1v) is 7.49. The summed E-state index contributed by atoms with van der Waals surface area (Å²) < 4.78 is 0. The SMILES string of the molecule is c1ccc2c(c1)CCCCN2CCN1CCCC1. The van der Waals surface area contributed by atoms with E-state index in [0.29, 0.717) is 0 Å². The molecule has 0 atom stereocenters. The minimum absolute atomic E-state index is 1.21. The number of aryl methyl sites for hydroxylation is 1. The van der Waals surface area contributed by atoms with Crippen molar-refractivity contribution in [3.8, 4) is 0 Å². The number of benzene rings is 1. The van der Waals surface area contributed by atoms with Gasteiger partial charge in [-0.25, -0.2) is 0 Å². The van der Waals surface area contributed by atoms with Gasteiger partial charge in [-0.3, -0.25) is 0 Å². The number of rotatable bonds is 3. The maximum Gasteiger partial charge on any atom is 0.0399 e. The lowest BCUT2D eigenvalue weighted by atomic mass is 10.1. The summed E-state index contributed by atoms with van der Waals surface area (Å²) in [6.45, 7) is 6.32. The smallest absolute Gasteiger partial charge is 0.0399 e. The number of nitrogens with zero attached hydrogens (tertiary/aromatic N) is 2. The summed E-state index contributed by atoms with van der Waals surface area (Å²) in [6, 6.07) is 8.99. The lowest BCUT2D eigenvalue weighted by molar-refractivity contribution is 0.344. The van der Waals surface area contributed by atoms with Gasteiger partial charge in [-0.05, 0) is 56.8 Å². The minimum atomic E-state index is 1.21. The van der Waals surface area contributed by atoms with Crippen LogP contribution in [0.15, 0.2) is 24.3 Å². The average Bonchev–Trinajstić information content (AvgIpc) is 2.84. The van der Waals surface area contributed by atoms with Crippen LogP contribution in [0.4, 0.5) is 5.69 Å². The highest BCUT2D eigenvalue weighted by Gasteiger charge is 2.17. The Morgan fingerprint density at radius 2 is 1.61 bits per heavy atom. The Morgan fingerprint density at radius 1 is 0.833 bits per heavy atom. The second kappa shape index (κ2) is 5.75. The maximum absolute atomic E-state index is 2.62. The van der Waals surface area contributed by atoms with Crippen LogP contribution in [-0.4, -0.2) is 37.6 Å². The van der Waals surface area contributed by atoms with Crippen LogP contribution < -0.4 is 4.90 Å². The molecule has 2 heterocycles. The minimum Gasteiger partial charge on any atom is -0.370 e. The molecule has 0 saturated carbocycles. The van der Waals surface area contributed by atoms with E-state index >= 15 is 0 Å². The summed E-state index contributed by atoms with van der Waals surface area (Å²) in [5.74, 6) is 0. The predicted molar refractivity (Wildman–Crippen MR) is 77.3 cm³/mol. The van der Waals surface area contributed by atoms with Gasteiger partial charge >= 0.3 is 0 Å². The quantitative estimate of drug-likeness (QED) is 0.806. The molecular formula is C16H24N2. The van der Waals surface area contributed by atoms with Gasteiger partial charge in [-0.2, -0.15) is 0 Å². The van der Waals surface area contributed by atoms with Crippen LogP contribution >= 0.6 is 0 Å². The first-order valence-electron chi connectivity index (χ1n) is 7.49. The highest BCUT2D eigenvalue weighted by molar-refractivity contribution is 5.54. The fraction of sp³-hybridized carbons (Fsp3) is 0.625. The monoisotopic (exact) mass is 244 g/mol. The van der Waals surface area contributed by atoms with Crippen molar-refractivity contribution in [2.75, 3.05) is 37.6 Å². The van der Waals surface area contributed by atoms with Crippen LogP contribution in [0, 0.1) is 0 Å². The molecule has 1 saturated heterocycles. The van der Waals surface area contributed by atoms with Crippen molar-refractivity contribution in [3.63, 3.8) is 0 Å². The van der Waals surface area contributed by atoms with E-state index in [1.807, 2.05) is 0 Å². The Bertz CT molecular complexity index is 382. The Labute approximate surface area is 111 Å². The Kier molecular flexibility index (Phi) is 3.84. The zero-order valence-electron chi connectivity index (χ0n) is 11.3. The summed E-state index contributed by atoms with van der Waals surface area (Å²) in [4.78, 5) is 5.23. The van der Waals surface area contributed by atoms with Crippen LogP contribution in [0.1, 0.15) is 31.2 Å². The van der Waals surface area contributed by atoms with Crippen molar-refractivity contribution in [3.05, 3.63) is 29.8 Å². The number of para-hydroxylation sites is 1. The third kappa shape index (κ3) is 2.69. The van der Waals surface area contributed by atoms with Crippen LogP contribution in [0.2, 0.25) is 0 Å². The molecule has 0 amide bonds. The number of hydrogen-bond acceptors (Lipinski definition) is 2. The highest BCUT2D eigenvalue weighted by Crippen LogP contribution is 2.25. The second-order valence-electron chi connectivity index (χ2n) is 5.62. The van der Waals surface area contributed by atoms with E-state index in [2.05, 4.69) is 34.1 Å². The van der Waals surface area contributed by atoms with Crippen molar-refractivity contribution in [2.45, 2.75) is 32.1 Å². The van der Waals surface area contributed by atoms with Crippen LogP contribution in [0.25, 0.3) is 0 Å². The van der Waals surface area contributed by atoms with Crippen LogP contribution in [0.3, 0.4) is 0 Å². The molecule has 0 aliphatic carbocycles. The molecule has 0 N–H and O–H groups in total. The predicted octanol–water partition coefficient (Wildman–Crippen LogP) is 2.93. The molecule has 2 aliphatic heterocycles. The molecule has 1 aromatic rings. The zero-order chi connectivity index (χ0) is 12.2. The van der Waals surface area contributed by atoms with Gasteiger partial charge in [0.05, 0.1) is 0 Å². The van der Waals surface area contributed by atoms with Gasteiger partial charge in [0, 0.05) is 25.3 Å². The van der Waals surface area contributed by atoms with Gasteiger partial charge < -0.3 is 9.80 Å². The number of anilines is 1. The first kappa shape index (κ1) is 12.0. The summed E-state index contributed by atoms with van der Waals surface area (Å²) in [6.07, 6.45) is 6.75. The molecule has 2 nitrogen and oxygen atoms in total. The Morgan fingerprint density at radius 3 is 2.50 bits per heavy atom. The molecule has 2 aliphatic rings. The van der Waals surface area contributed by atoms with Crippen molar-refractivity contribution < 1.29 is 0 Å². The van der Waals surface area contributed by atoms with E-state index in [0.717, 1.165) is 0 Å². The molecule has 1 aromatic carbocycles. The van der Waals surface area contributed by atoms with Gasteiger partial charge in [0.15, 0.2) is 0 Å². The van der Waals surface area contributed by atoms with Crippen molar-refractivity contribution in [2.24, 2.45) is 0 Å². The lowest BCUT2D eigenvalue weighted by Gasteiger charge is -2.27. The molecule has 0 spiro atoms. The van der Waals surface area contributed by atoms with E-state index < -0.39 is 0 Å². The van der Waals surface area contributed by atoms with E-state index in [1.165, 1.54) is 70.5 Å². The van der Waals surface area contributed by atoms with Crippen LogP contribution in [-0.2, 0) is 6.42 Å². The second-order valence-corrected chi connectivity index (χ2v) is 5.62. The summed E-state index contributed by atoms with van der Waals surface area (Å²) in [7, 11) is 0. The third-order valence-corrected chi connectivity index (χ3v) is 4.34. The highest BCUT2D eigenvalue weighted by atomic mass is 15.2. The van der Waals surface area contributed by atoms with E-state index in [1.54, 1.807) is 5.56 Å². The normalized spacial score (nSPS) is 20.8. The van der Waals surface area contributed by atoms with Gasteiger partial charge in [0.25, 0.3) is 0 Å². The Balaban J connectivity index is 1.67. The molecule has 0 aromatic heterocycles. The average molecular weight is 244 g/mol. The van der Waals surface area contributed by atoms with E-state index in [4.69, 9.17) is 0 Å². The number of likely N-dealkylation sites (tertiary alicyclic amines) is 1. The summed E-state index contributed by atoms with van der Waals surface area (Å²) >= 11 is 0. The number of fused-ring (bicyclic) bond motifs is 1. The van der Waals surface area contributed by atoms with Crippen molar-refractivity contribution >= 4 is 5.69 Å². The molecule has 0 bridgehead atoms. The molecular weight excluding hydrogens is 220 g/mol. The van der Waals surface area contributed by atoms with E-state index in [9.17, 15) is 0 Å². The molecule has 0 radical (unpaired) electrons. The van der Waals surface area contributed by atoms with Crippen molar-refractivity contribution in [1.29, 1.82) is 0 Å². The molecule has 1 fully saturated rings. The van der Waals surface area contributed by atoms with Crippen LogP contribution in [0.5, 0.6) is 0 Å². The molecule has 18 heavy (non-hydrogen) atoms. The topological polar surface area (TPSA) is 6.48 Å². The fourth-order valence-corrected chi connectivity index (χ4v) is 3.27. The van der Waals surface area contributed by atoms with Gasteiger partial charge in [0.2, 0.25) is 0 Å². The first-order chi connectivity index (χ1) is 8.93.